The van der Waals surface area contributed by atoms with Crippen LogP contribution in [0.4, 0.5) is 5.69 Å². The van der Waals surface area contributed by atoms with Crippen LogP contribution in [0, 0.1) is 0 Å². The highest BCUT2D eigenvalue weighted by Crippen LogP contribution is 2.20. The van der Waals surface area contributed by atoms with Crippen LogP contribution >= 0.6 is 15.9 Å². The maximum atomic E-state index is 4.19. The second-order valence-corrected chi connectivity index (χ2v) is 4.57. The highest BCUT2D eigenvalue weighted by Gasteiger charge is 2.02. The highest BCUT2D eigenvalue weighted by molar-refractivity contribution is 9.10. The number of nitrogens with zero attached hydrogens (tertiary/aromatic N) is 1. The number of pyridine rings is 1. The van der Waals surface area contributed by atoms with Crippen LogP contribution in [-0.2, 0) is 13.0 Å². The van der Waals surface area contributed by atoms with Crippen LogP contribution in [0.2, 0.25) is 0 Å². The lowest BCUT2D eigenvalue weighted by atomic mass is 10.1. The molecule has 17 heavy (non-hydrogen) atoms. The van der Waals surface area contributed by atoms with E-state index in [1.807, 2.05) is 12.1 Å². The predicted molar refractivity (Wildman–Crippen MR) is 75.1 cm³/mol. The molecule has 1 aromatic carbocycles. The zero-order valence-corrected chi connectivity index (χ0v) is 11.4. The van der Waals surface area contributed by atoms with Gasteiger partial charge >= 0.3 is 0 Å². The van der Waals surface area contributed by atoms with Crippen molar-refractivity contribution in [2.24, 2.45) is 0 Å². The van der Waals surface area contributed by atoms with E-state index in [1.54, 1.807) is 6.20 Å². The van der Waals surface area contributed by atoms with E-state index in [9.17, 15) is 0 Å². The third-order valence-corrected chi connectivity index (χ3v) is 3.36. The number of aromatic nitrogens is 1. The van der Waals surface area contributed by atoms with E-state index in [2.05, 4.69) is 57.4 Å². The molecule has 0 saturated carbocycles. The Kier molecular flexibility index (Phi) is 4.15. The molecule has 0 fully saturated rings. The minimum absolute atomic E-state index is 0.828. The number of hydrogen-bond donors (Lipinski definition) is 1. The predicted octanol–water partition coefficient (Wildman–Crippen LogP) is 4.02. The molecule has 2 rings (SSSR count). The van der Waals surface area contributed by atoms with Crippen LogP contribution in [0.25, 0.3) is 0 Å². The molecule has 3 heteroatoms. The van der Waals surface area contributed by atoms with Crippen molar-refractivity contribution < 1.29 is 0 Å². The van der Waals surface area contributed by atoms with Crippen LogP contribution in [0.15, 0.2) is 47.2 Å². The Balaban J connectivity index is 2.10. The van der Waals surface area contributed by atoms with E-state index >= 15 is 0 Å². The Morgan fingerprint density at radius 3 is 2.59 bits per heavy atom. The molecule has 0 aliphatic rings. The number of nitrogens with one attached hydrogen (secondary N) is 1. The monoisotopic (exact) mass is 290 g/mol. The average molecular weight is 291 g/mol. The first kappa shape index (κ1) is 12.1. The van der Waals surface area contributed by atoms with E-state index in [0.29, 0.717) is 0 Å². The second-order valence-electron chi connectivity index (χ2n) is 3.82. The van der Waals surface area contributed by atoms with Crippen LogP contribution < -0.4 is 5.32 Å². The molecule has 2 nitrogen and oxygen atoms in total. The number of rotatable bonds is 4. The van der Waals surface area contributed by atoms with Gasteiger partial charge in [0.1, 0.15) is 4.60 Å². The third-order valence-electron chi connectivity index (χ3n) is 2.73. The minimum Gasteiger partial charge on any atom is -0.379 e. The molecule has 0 aliphatic heterocycles. The molecule has 1 heterocycles. The molecule has 1 aromatic heterocycles. The van der Waals surface area contributed by atoms with Crippen LogP contribution in [0.1, 0.15) is 18.1 Å². The van der Waals surface area contributed by atoms with Gasteiger partial charge in [-0.3, -0.25) is 0 Å². The Morgan fingerprint density at radius 1 is 1.12 bits per heavy atom. The van der Waals surface area contributed by atoms with Gasteiger partial charge in [0.15, 0.2) is 0 Å². The summed E-state index contributed by atoms with van der Waals surface area (Å²) in [5.41, 5.74) is 3.75. The molecular weight excluding hydrogens is 276 g/mol. The lowest BCUT2D eigenvalue weighted by Gasteiger charge is -2.10. The lowest BCUT2D eigenvalue weighted by molar-refractivity contribution is 1.04. The summed E-state index contributed by atoms with van der Waals surface area (Å²) >= 11 is 3.43. The SMILES string of the molecule is CCc1ccccc1CNc1cccnc1Br. The highest BCUT2D eigenvalue weighted by atomic mass is 79.9. The fourth-order valence-electron chi connectivity index (χ4n) is 1.78. The summed E-state index contributed by atoms with van der Waals surface area (Å²) in [5.74, 6) is 0. The van der Waals surface area contributed by atoms with Crippen molar-refractivity contribution in [2.75, 3.05) is 5.32 Å². The van der Waals surface area contributed by atoms with E-state index in [1.165, 1.54) is 11.1 Å². The number of benzene rings is 1. The fourth-order valence-corrected chi connectivity index (χ4v) is 2.17. The van der Waals surface area contributed by atoms with Crippen LogP contribution in [0.5, 0.6) is 0 Å². The maximum Gasteiger partial charge on any atom is 0.129 e. The van der Waals surface area contributed by atoms with E-state index < -0.39 is 0 Å². The molecule has 0 aliphatic carbocycles. The van der Waals surface area contributed by atoms with Gasteiger partial charge in [0.2, 0.25) is 0 Å². The van der Waals surface area contributed by atoms with E-state index in [-0.39, 0.29) is 0 Å². The molecule has 0 unspecified atom stereocenters. The summed E-state index contributed by atoms with van der Waals surface area (Å²) in [6.45, 7) is 3.01. The summed E-state index contributed by atoms with van der Waals surface area (Å²) in [5, 5.41) is 3.39. The van der Waals surface area contributed by atoms with Gasteiger partial charge < -0.3 is 5.32 Å². The van der Waals surface area contributed by atoms with Crippen molar-refractivity contribution in [3.8, 4) is 0 Å². The number of halogens is 1. The summed E-state index contributed by atoms with van der Waals surface area (Å²) < 4.78 is 0.856. The van der Waals surface area contributed by atoms with Crippen molar-refractivity contribution in [2.45, 2.75) is 19.9 Å². The Bertz CT molecular complexity index is 497. The summed E-state index contributed by atoms with van der Waals surface area (Å²) in [4.78, 5) is 4.19. The molecule has 0 spiro atoms. The van der Waals surface area contributed by atoms with Crippen molar-refractivity contribution in [1.82, 2.24) is 4.98 Å². The average Bonchev–Trinajstić information content (AvgIpc) is 2.38. The zero-order chi connectivity index (χ0) is 12.1. The third kappa shape index (κ3) is 3.07. The standard InChI is InChI=1S/C14H15BrN2/c1-2-11-6-3-4-7-12(11)10-17-13-8-5-9-16-14(13)15/h3-9,17H,2,10H2,1H3. The number of aryl methyl sites for hydroxylation is 1. The van der Waals surface area contributed by atoms with Gasteiger partial charge in [-0.1, -0.05) is 31.2 Å². The van der Waals surface area contributed by atoms with Gasteiger partial charge in [-0.25, -0.2) is 4.98 Å². The van der Waals surface area contributed by atoms with Crippen molar-refractivity contribution >= 4 is 21.6 Å². The van der Waals surface area contributed by atoms with Gasteiger partial charge in [-0.15, -0.1) is 0 Å². The largest absolute Gasteiger partial charge is 0.379 e. The first-order chi connectivity index (χ1) is 8.31. The molecule has 0 radical (unpaired) electrons. The van der Waals surface area contributed by atoms with Crippen LogP contribution in [0.3, 0.4) is 0 Å². The molecule has 0 bridgehead atoms. The Hall–Kier alpha value is -1.35. The van der Waals surface area contributed by atoms with Gasteiger partial charge in [0.05, 0.1) is 5.69 Å². The first-order valence-corrected chi connectivity index (χ1v) is 6.51. The normalized spacial score (nSPS) is 10.2. The summed E-state index contributed by atoms with van der Waals surface area (Å²) in [7, 11) is 0. The second kappa shape index (κ2) is 5.82. The molecule has 0 atom stereocenters. The van der Waals surface area contributed by atoms with E-state index in [0.717, 1.165) is 23.3 Å². The number of anilines is 1. The maximum absolute atomic E-state index is 4.19. The Morgan fingerprint density at radius 2 is 1.88 bits per heavy atom. The molecule has 1 N–H and O–H groups in total. The summed E-state index contributed by atoms with van der Waals surface area (Å²) in [6.07, 6.45) is 2.83. The van der Waals surface area contributed by atoms with Crippen molar-refractivity contribution in [1.29, 1.82) is 0 Å². The quantitative estimate of drug-likeness (QED) is 0.861. The van der Waals surface area contributed by atoms with Crippen LogP contribution in [-0.4, -0.2) is 4.98 Å². The lowest BCUT2D eigenvalue weighted by Crippen LogP contribution is -2.03. The first-order valence-electron chi connectivity index (χ1n) is 5.72. The fraction of sp³-hybridized carbons (Fsp3) is 0.214. The minimum atomic E-state index is 0.828. The molecule has 2 aromatic rings. The van der Waals surface area contributed by atoms with Crippen molar-refractivity contribution in [3.63, 3.8) is 0 Å². The van der Waals surface area contributed by atoms with Gasteiger partial charge in [0, 0.05) is 12.7 Å². The topological polar surface area (TPSA) is 24.9 Å². The molecule has 0 saturated heterocycles. The van der Waals surface area contributed by atoms with Gasteiger partial charge in [-0.2, -0.15) is 0 Å². The van der Waals surface area contributed by atoms with Crippen molar-refractivity contribution in [3.05, 3.63) is 58.3 Å². The molecule has 88 valence electrons. The number of hydrogen-bond acceptors (Lipinski definition) is 2. The Labute approximate surface area is 110 Å². The van der Waals surface area contributed by atoms with Gasteiger partial charge in [-0.05, 0) is 45.6 Å². The summed E-state index contributed by atoms with van der Waals surface area (Å²) in [6, 6.07) is 12.5. The van der Waals surface area contributed by atoms with E-state index in [4.69, 9.17) is 0 Å². The smallest absolute Gasteiger partial charge is 0.129 e. The molecular formula is C14H15BrN2. The molecule has 0 amide bonds. The zero-order valence-electron chi connectivity index (χ0n) is 9.78. The van der Waals surface area contributed by atoms with Gasteiger partial charge in [0.25, 0.3) is 0 Å².